The summed E-state index contributed by atoms with van der Waals surface area (Å²) in [4.78, 5) is 5.01. The molecule has 1 aliphatic rings. The van der Waals surface area contributed by atoms with E-state index in [1.807, 2.05) is 0 Å². The van der Waals surface area contributed by atoms with Crippen LogP contribution in [0, 0.1) is 0 Å². The van der Waals surface area contributed by atoms with Crippen molar-refractivity contribution in [3.63, 3.8) is 0 Å². The zero-order chi connectivity index (χ0) is 15.6. The van der Waals surface area contributed by atoms with Gasteiger partial charge in [0, 0.05) is 35.7 Å². The van der Waals surface area contributed by atoms with Crippen molar-refractivity contribution in [1.29, 1.82) is 0 Å². The molecule has 0 saturated carbocycles. The normalized spacial score (nSPS) is 23.0. The number of hydrogen-bond acceptors (Lipinski definition) is 3. The number of hydrogen-bond donors (Lipinski definition) is 1. The Morgan fingerprint density at radius 2 is 2.05 bits per heavy atom. The Kier molecular flexibility index (Phi) is 5.47. The van der Waals surface area contributed by atoms with E-state index in [2.05, 4.69) is 77.8 Å². The van der Waals surface area contributed by atoms with Crippen molar-refractivity contribution in [3.05, 3.63) is 34.3 Å². The molecule has 1 aromatic carbocycles. The second-order valence-corrected chi connectivity index (χ2v) is 7.69. The Bertz CT molecular complexity index is 475. The van der Waals surface area contributed by atoms with Crippen molar-refractivity contribution in [1.82, 2.24) is 9.80 Å². The number of benzene rings is 1. The molecule has 3 nitrogen and oxygen atoms in total. The van der Waals surface area contributed by atoms with Crippen molar-refractivity contribution in [2.24, 2.45) is 5.73 Å². The van der Waals surface area contributed by atoms with Crippen LogP contribution in [0.5, 0.6) is 0 Å². The first-order chi connectivity index (χ1) is 9.85. The number of piperazine rings is 1. The highest BCUT2D eigenvalue weighted by atomic mass is 79.9. The van der Waals surface area contributed by atoms with Gasteiger partial charge in [-0.2, -0.15) is 0 Å². The van der Waals surface area contributed by atoms with Crippen LogP contribution in [0.15, 0.2) is 28.7 Å². The summed E-state index contributed by atoms with van der Waals surface area (Å²) in [6, 6.07) is 9.06. The molecule has 2 rings (SSSR count). The summed E-state index contributed by atoms with van der Waals surface area (Å²) < 4.78 is 1.13. The molecule has 1 aliphatic heterocycles. The molecule has 0 bridgehead atoms. The number of nitrogens with zero attached hydrogens (tertiary/aromatic N) is 2. The van der Waals surface area contributed by atoms with Crippen LogP contribution in [0.2, 0.25) is 0 Å². The van der Waals surface area contributed by atoms with E-state index in [4.69, 9.17) is 5.73 Å². The van der Waals surface area contributed by atoms with Crippen molar-refractivity contribution in [2.45, 2.75) is 44.8 Å². The summed E-state index contributed by atoms with van der Waals surface area (Å²) in [7, 11) is 2.21. The van der Waals surface area contributed by atoms with E-state index >= 15 is 0 Å². The summed E-state index contributed by atoms with van der Waals surface area (Å²) in [5.74, 6) is 0. The van der Waals surface area contributed by atoms with Gasteiger partial charge >= 0.3 is 0 Å². The third-order valence-corrected chi connectivity index (χ3v) is 5.30. The molecule has 0 aliphatic carbocycles. The summed E-state index contributed by atoms with van der Waals surface area (Å²) in [6.07, 6.45) is 0.990. The highest BCUT2D eigenvalue weighted by molar-refractivity contribution is 9.10. The Labute approximate surface area is 137 Å². The van der Waals surface area contributed by atoms with Crippen LogP contribution in [0.25, 0.3) is 0 Å². The third kappa shape index (κ3) is 3.86. The van der Waals surface area contributed by atoms with Gasteiger partial charge in [0.2, 0.25) is 0 Å². The SMILES string of the molecule is CCC(N)C(c1cccc(Br)c1)N1CCN(C)C(C)(C)C1. The molecule has 1 heterocycles. The molecule has 2 N–H and O–H groups in total. The van der Waals surface area contributed by atoms with Gasteiger partial charge in [-0.05, 0) is 45.0 Å². The van der Waals surface area contributed by atoms with Crippen LogP contribution in [-0.4, -0.2) is 48.1 Å². The van der Waals surface area contributed by atoms with E-state index in [-0.39, 0.29) is 11.6 Å². The van der Waals surface area contributed by atoms with E-state index in [1.165, 1.54) is 5.56 Å². The molecule has 0 spiro atoms. The van der Waals surface area contributed by atoms with E-state index in [1.54, 1.807) is 0 Å². The van der Waals surface area contributed by atoms with Crippen LogP contribution in [-0.2, 0) is 0 Å². The van der Waals surface area contributed by atoms with Crippen LogP contribution in [0.3, 0.4) is 0 Å². The lowest BCUT2D eigenvalue weighted by Gasteiger charge is -2.49. The van der Waals surface area contributed by atoms with Gasteiger partial charge in [-0.3, -0.25) is 9.80 Å². The Hall–Kier alpha value is -0.420. The number of halogens is 1. The minimum Gasteiger partial charge on any atom is -0.326 e. The molecule has 2 atom stereocenters. The fraction of sp³-hybridized carbons (Fsp3) is 0.647. The second kappa shape index (κ2) is 6.78. The van der Waals surface area contributed by atoms with Gasteiger partial charge in [0.15, 0.2) is 0 Å². The van der Waals surface area contributed by atoms with Crippen LogP contribution in [0.4, 0.5) is 0 Å². The molecular formula is C17H28BrN3. The summed E-state index contributed by atoms with van der Waals surface area (Å²) >= 11 is 3.59. The predicted molar refractivity (Wildman–Crippen MR) is 93.4 cm³/mol. The molecule has 1 aromatic rings. The van der Waals surface area contributed by atoms with Gasteiger partial charge in [0.25, 0.3) is 0 Å². The predicted octanol–water partition coefficient (Wildman–Crippen LogP) is 3.25. The quantitative estimate of drug-likeness (QED) is 0.901. The fourth-order valence-electron chi connectivity index (χ4n) is 3.16. The number of likely N-dealkylation sites (N-methyl/N-ethyl adjacent to an activating group) is 1. The molecular weight excluding hydrogens is 326 g/mol. The van der Waals surface area contributed by atoms with Crippen LogP contribution < -0.4 is 5.73 Å². The Morgan fingerprint density at radius 3 is 2.62 bits per heavy atom. The number of nitrogens with two attached hydrogens (primary N) is 1. The smallest absolute Gasteiger partial charge is 0.0500 e. The molecule has 0 aromatic heterocycles. The highest BCUT2D eigenvalue weighted by Gasteiger charge is 2.36. The van der Waals surface area contributed by atoms with Gasteiger partial charge in [-0.25, -0.2) is 0 Å². The van der Waals surface area contributed by atoms with Crippen molar-refractivity contribution >= 4 is 15.9 Å². The lowest BCUT2D eigenvalue weighted by atomic mass is 9.92. The molecule has 1 fully saturated rings. The standard InChI is InChI=1S/C17H28BrN3/c1-5-15(19)16(13-7-6-8-14(18)11-13)21-10-9-20(4)17(2,3)12-21/h6-8,11,15-16H,5,9-10,12,19H2,1-4H3. The van der Waals surface area contributed by atoms with Gasteiger partial charge in [-0.1, -0.05) is 35.0 Å². The Morgan fingerprint density at radius 1 is 1.33 bits per heavy atom. The molecule has 4 heteroatoms. The fourth-order valence-corrected chi connectivity index (χ4v) is 3.57. The largest absolute Gasteiger partial charge is 0.326 e. The zero-order valence-electron chi connectivity index (χ0n) is 13.6. The summed E-state index contributed by atoms with van der Waals surface area (Å²) in [5, 5.41) is 0. The van der Waals surface area contributed by atoms with E-state index in [0.29, 0.717) is 6.04 Å². The van der Waals surface area contributed by atoms with Gasteiger partial charge in [0.1, 0.15) is 0 Å². The van der Waals surface area contributed by atoms with E-state index in [0.717, 1.165) is 30.5 Å². The average molecular weight is 354 g/mol. The maximum absolute atomic E-state index is 6.48. The van der Waals surface area contributed by atoms with Gasteiger partial charge in [0.05, 0.1) is 6.04 Å². The molecule has 21 heavy (non-hydrogen) atoms. The first-order valence-corrected chi connectivity index (χ1v) is 8.61. The topological polar surface area (TPSA) is 32.5 Å². The first kappa shape index (κ1) is 16.9. The lowest BCUT2D eigenvalue weighted by Crippen LogP contribution is -2.59. The van der Waals surface area contributed by atoms with Crippen molar-refractivity contribution in [2.75, 3.05) is 26.7 Å². The second-order valence-electron chi connectivity index (χ2n) is 6.78. The summed E-state index contributed by atoms with van der Waals surface area (Å²) in [6.45, 7) is 10.0. The molecule has 0 amide bonds. The van der Waals surface area contributed by atoms with Gasteiger partial charge in [-0.15, -0.1) is 0 Å². The third-order valence-electron chi connectivity index (χ3n) is 4.81. The van der Waals surface area contributed by atoms with Crippen molar-refractivity contribution < 1.29 is 0 Å². The Balaban J connectivity index is 2.29. The van der Waals surface area contributed by atoms with Crippen molar-refractivity contribution in [3.8, 4) is 0 Å². The van der Waals surface area contributed by atoms with E-state index < -0.39 is 0 Å². The van der Waals surface area contributed by atoms with Crippen LogP contribution in [0.1, 0.15) is 38.8 Å². The lowest BCUT2D eigenvalue weighted by molar-refractivity contribution is 0.00953. The minimum absolute atomic E-state index is 0.165. The minimum atomic E-state index is 0.165. The molecule has 2 unspecified atom stereocenters. The maximum Gasteiger partial charge on any atom is 0.0500 e. The van der Waals surface area contributed by atoms with Crippen LogP contribution >= 0.6 is 15.9 Å². The summed E-state index contributed by atoms with van der Waals surface area (Å²) in [5.41, 5.74) is 7.99. The highest BCUT2D eigenvalue weighted by Crippen LogP contribution is 2.31. The van der Waals surface area contributed by atoms with Gasteiger partial charge < -0.3 is 5.73 Å². The zero-order valence-corrected chi connectivity index (χ0v) is 15.2. The average Bonchev–Trinajstić information content (AvgIpc) is 2.42. The number of rotatable bonds is 4. The first-order valence-electron chi connectivity index (χ1n) is 7.81. The molecule has 118 valence electrons. The van der Waals surface area contributed by atoms with E-state index in [9.17, 15) is 0 Å². The molecule has 0 radical (unpaired) electrons. The maximum atomic E-state index is 6.48. The molecule has 1 saturated heterocycles. The monoisotopic (exact) mass is 353 g/mol.